The molecule has 0 amide bonds. The lowest BCUT2D eigenvalue weighted by Crippen LogP contribution is -2.27. The van der Waals surface area contributed by atoms with Crippen LogP contribution >= 0.6 is 11.6 Å². The van der Waals surface area contributed by atoms with E-state index in [1.54, 1.807) is 0 Å². The van der Waals surface area contributed by atoms with Gasteiger partial charge < -0.3 is 10.0 Å². The van der Waals surface area contributed by atoms with E-state index >= 15 is 0 Å². The zero-order valence-electron chi connectivity index (χ0n) is 15.2. The fourth-order valence-corrected chi connectivity index (χ4v) is 2.71. The molecule has 0 spiro atoms. The van der Waals surface area contributed by atoms with E-state index < -0.39 is 0 Å². The van der Waals surface area contributed by atoms with Crippen LogP contribution in [0.1, 0.15) is 47.5 Å². The van der Waals surface area contributed by atoms with E-state index in [1.807, 2.05) is 6.08 Å². The number of nitrogens with zero attached hydrogens (tertiary/aromatic N) is 2. The van der Waals surface area contributed by atoms with Crippen LogP contribution < -0.4 is 0 Å². The molecule has 2 heterocycles. The summed E-state index contributed by atoms with van der Waals surface area (Å²) in [6.07, 6.45) is 5.99. The number of halogens is 1. The first kappa shape index (κ1) is 20.0. The minimum atomic E-state index is -0.191. The third kappa shape index (κ3) is 5.83. The predicted octanol–water partition coefficient (Wildman–Crippen LogP) is 4.62. The van der Waals surface area contributed by atoms with Gasteiger partial charge in [0, 0.05) is 31.5 Å². The highest BCUT2D eigenvalue weighted by atomic mass is 35.5. The van der Waals surface area contributed by atoms with Crippen molar-refractivity contribution in [2.75, 3.05) is 19.6 Å². The van der Waals surface area contributed by atoms with Crippen molar-refractivity contribution in [1.82, 2.24) is 9.80 Å². The molecular formula is C19H31ClN2O. The largest absolute Gasteiger partial charge is 0.392 e. The quantitative estimate of drug-likeness (QED) is 0.813. The van der Waals surface area contributed by atoms with Gasteiger partial charge in [0.05, 0.1) is 16.8 Å². The molecule has 23 heavy (non-hydrogen) atoms. The smallest absolute Gasteiger partial charge is 0.0679 e. The summed E-state index contributed by atoms with van der Waals surface area (Å²) in [5.41, 5.74) is 4.36. The lowest BCUT2D eigenvalue weighted by Gasteiger charge is -2.30. The van der Waals surface area contributed by atoms with E-state index in [9.17, 15) is 5.11 Å². The molecule has 0 radical (unpaired) electrons. The van der Waals surface area contributed by atoms with Crippen molar-refractivity contribution in [3.05, 3.63) is 46.4 Å². The van der Waals surface area contributed by atoms with Crippen molar-refractivity contribution in [2.45, 2.75) is 53.6 Å². The number of hydrogen-bond donors (Lipinski definition) is 1. The van der Waals surface area contributed by atoms with Gasteiger partial charge in [-0.25, -0.2) is 0 Å². The molecule has 2 aliphatic rings. The highest BCUT2D eigenvalue weighted by molar-refractivity contribution is 6.32. The van der Waals surface area contributed by atoms with Gasteiger partial charge in [0.1, 0.15) is 0 Å². The molecule has 130 valence electrons. The molecule has 1 fully saturated rings. The number of allylic oxidation sites excluding steroid dienone is 3. The topological polar surface area (TPSA) is 26.7 Å². The van der Waals surface area contributed by atoms with Crippen molar-refractivity contribution >= 4 is 11.6 Å². The lowest BCUT2D eigenvalue weighted by atomic mass is 10.1. The SMILES string of the molecule is C=C1C(Cl)=CC(CN2CCC(O)C2)=CN1C(C)=C(C)C.CCC. The molecule has 2 aliphatic heterocycles. The molecule has 1 saturated heterocycles. The fourth-order valence-electron chi connectivity index (χ4n) is 2.48. The molecule has 0 aromatic rings. The van der Waals surface area contributed by atoms with E-state index in [0.29, 0.717) is 5.03 Å². The molecule has 0 aromatic heterocycles. The molecule has 2 rings (SSSR count). The van der Waals surface area contributed by atoms with Crippen molar-refractivity contribution < 1.29 is 5.11 Å². The summed E-state index contributed by atoms with van der Waals surface area (Å²) in [6, 6.07) is 0. The van der Waals surface area contributed by atoms with E-state index in [0.717, 1.165) is 43.0 Å². The Morgan fingerprint density at radius 2 is 1.96 bits per heavy atom. The second kappa shape index (κ2) is 9.31. The number of hydrogen-bond acceptors (Lipinski definition) is 3. The van der Waals surface area contributed by atoms with Crippen LogP contribution in [0, 0.1) is 0 Å². The van der Waals surface area contributed by atoms with E-state index in [2.05, 4.69) is 57.2 Å². The summed E-state index contributed by atoms with van der Waals surface area (Å²) >= 11 is 6.31. The van der Waals surface area contributed by atoms with Crippen molar-refractivity contribution in [1.29, 1.82) is 0 Å². The highest BCUT2D eigenvalue weighted by Crippen LogP contribution is 2.30. The summed E-state index contributed by atoms with van der Waals surface area (Å²) in [5.74, 6) is 0. The molecule has 0 aliphatic carbocycles. The molecule has 0 saturated carbocycles. The Balaban J connectivity index is 0.000000816. The Kier molecular flexibility index (Phi) is 8.10. The van der Waals surface area contributed by atoms with Crippen molar-refractivity contribution in [2.24, 2.45) is 0 Å². The Hall–Kier alpha value is -1.03. The monoisotopic (exact) mass is 338 g/mol. The maximum absolute atomic E-state index is 9.60. The Bertz CT molecular complexity index is 515. The molecule has 1 atom stereocenters. The fraction of sp³-hybridized carbons (Fsp3) is 0.579. The number of aliphatic hydroxyl groups excluding tert-OH is 1. The van der Waals surface area contributed by atoms with Gasteiger partial charge in [0.2, 0.25) is 0 Å². The van der Waals surface area contributed by atoms with Crippen molar-refractivity contribution in [3.8, 4) is 0 Å². The third-order valence-electron chi connectivity index (χ3n) is 3.91. The van der Waals surface area contributed by atoms with Crippen LogP contribution in [0.2, 0.25) is 0 Å². The molecule has 0 aromatic carbocycles. The minimum absolute atomic E-state index is 0.191. The van der Waals surface area contributed by atoms with E-state index in [-0.39, 0.29) is 6.10 Å². The number of rotatable bonds is 3. The Labute approximate surface area is 146 Å². The van der Waals surface area contributed by atoms with Crippen LogP contribution in [-0.2, 0) is 0 Å². The standard InChI is InChI=1S/C16H23ClN2O.C3H8/c1-11(2)12(3)19-9-14(7-16(17)13(19)4)8-18-6-5-15(20)10-18;1-3-2/h7,9,15,20H,4-6,8,10H2,1-3H3;3H2,1-2H3. The second-order valence-corrected chi connectivity index (χ2v) is 6.89. The van der Waals surface area contributed by atoms with Gasteiger partial charge in [-0.05, 0) is 38.8 Å². The van der Waals surface area contributed by atoms with Crippen LogP contribution in [0.4, 0.5) is 0 Å². The van der Waals surface area contributed by atoms with Gasteiger partial charge in [-0.1, -0.05) is 44.0 Å². The number of aliphatic hydroxyl groups is 1. The summed E-state index contributed by atoms with van der Waals surface area (Å²) in [4.78, 5) is 4.31. The van der Waals surface area contributed by atoms with Gasteiger partial charge in [-0.3, -0.25) is 4.90 Å². The summed E-state index contributed by atoms with van der Waals surface area (Å²) in [6.45, 7) is 17.0. The van der Waals surface area contributed by atoms with Gasteiger partial charge >= 0.3 is 0 Å². The van der Waals surface area contributed by atoms with Gasteiger partial charge in [-0.15, -0.1) is 0 Å². The van der Waals surface area contributed by atoms with Gasteiger partial charge in [0.25, 0.3) is 0 Å². The van der Waals surface area contributed by atoms with Crippen LogP contribution in [0.3, 0.4) is 0 Å². The first-order valence-electron chi connectivity index (χ1n) is 8.41. The zero-order valence-corrected chi connectivity index (χ0v) is 16.0. The maximum Gasteiger partial charge on any atom is 0.0679 e. The minimum Gasteiger partial charge on any atom is -0.392 e. The van der Waals surface area contributed by atoms with Gasteiger partial charge in [-0.2, -0.15) is 0 Å². The van der Waals surface area contributed by atoms with Crippen molar-refractivity contribution in [3.63, 3.8) is 0 Å². The maximum atomic E-state index is 9.60. The average molecular weight is 339 g/mol. The summed E-state index contributed by atoms with van der Waals surface area (Å²) in [7, 11) is 0. The molecule has 3 nitrogen and oxygen atoms in total. The van der Waals surface area contributed by atoms with Crippen LogP contribution in [0.15, 0.2) is 46.4 Å². The zero-order chi connectivity index (χ0) is 17.6. The highest BCUT2D eigenvalue weighted by Gasteiger charge is 2.23. The van der Waals surface area contributed by atoms with Crippen LogP contribution in [0.5, 0.6) is 0 Å². The second-order valence-electron chi connectivity index (χ2n) is 6.48. The summed E-state index contributed by atoms with van der Waals surface area (Å²) < 4.78 is 0. The molecule has 0 bridgehead atoms. The van der Waals surface area contributed by atoms with E-state index in [1.165, 1.54) is 12.0 Å². The lowest BCUT2D eigenvalue weighted by molar-refractivity contribution is 0.179. The normalized spacial score (nSPS) is 21.4. The molecule has 1 N–H and O–H groups in total. The summed E-state index contributed by atoms with van der Waals surface area (Å²) in [5, 5.41) is 10.3. The van der Waals surface area contributed by atoms with Crippen LogP contribution in [0.25, 0.3) is 0 Å². The molecule has 1 unspecified atom stereocenters. The molecule has 4 heteroatoms. The third-order valence-corrected chi connectivity index (χ3v) is 4.24. The average Bonchev–Trinajstić information content (AvgIpc) is 2.88. The Morgan fingerprint density at radius 1 is 1.35 bits per heavy atom. The number of β-amino-alcohol motifs (C(OH)–C–C–N with tert-alkyl or cyclic N) is 1. The first-order chi connectivity index (χ1) is 10.8. The van der Waals surface area contributed by atoms with Crippen LogP contribution in [-0.4, -0.2) is 40.6 Å². The van der Waals surface area contributed by atoms with Gasteiger partial charge in [0.15, 0.2) is 0 Å². The number of likely N-dealkylation sites (tertiary alicyclic amines) is 1. The molecular weight excluding hydrogens is 308 g/mol. The Morgan fingerprint density at radius 3 is 2.43 bits per heavy atom. The first-order valence-corrected chi connectivity index (χ1v) is 8.78. The van der Waals surface area contributed by atoms with E-state index in [4.69, 9.17) is 11.6 Å². The predicted molar refractivity (Wildman–Crippen MR) is 100 cm³/mol.